The van der Waals surface area contributed by atoms with Crippen LogP contribution >= 0.6 is 11.8 Å². The minimum Gasteiger partial charge on any atom is -0.227 e. The van der Waals surface area contributed by atoms with E-state index in [1.807, 2.05) is 0 Å². The Kier molecular flexibility index (Phi) is 3.08. The lowest BCUT2D eigenvalue weighted by Crippen LogP contribution is -1.98. The van der Waals surface area contributed by atoms with Crippen LogP contribution in [0.4, 0.5) is 0 Å². The van der Waals surface area contributed by atoms with Crippen LogP contribution in [0.15, 0.2) is 34.3 Å². The van der Waals surface area contributed by atoms with E-state index in [1.54, 1.807) is 11.8 Å². The van der Waals surface area contributed by atoms with Crippen LogP contribution in [0.3, 0.4) is 0 Å². The molecule has 92 valence electrons. The standard InChI is InChI=1S/C15H16N2S/c1-10-6-8-12(9-7-10)18-15-16-11(2)13-4-3-5-14(13)17-15/h6-9H,3-5H2,1-2H3. The lowest BCUT2D eigenvalue weighted by atomic mass is 10.2. The Morgan fingerprint density at radius 3 is 2.56 bits per heavy atom. The number of hydrogen-bond acceptors (Lipinski definition) is 3. The van der Waals surface area contributed by atoms with E-state index in [9.17, 15) is 0 Å². The van der Waals surface area contributed by atoms with Crippen LogP contribution in [0, 0.1) is 13.8 Å². The number of nitrogens with zero attached hydrogens (tertiary/aromatic N) is 2. The molecule has 0 bridgehead atoms. The van der Waals surface area contributed by atoms with Crippen LogP contribution in [0.5, 0.6) is 0 Å². The Balaban J connectivity index is 1.89. The van der Waals surface area contributed by atoms with Crippen molar-refractivity contribution in [3.05, 3.63) is 46.8 Å². The molecule has 0 spiro atoms. The summed E-state index contributed by atoms with van der Waals surface area (Å²) in [4.78, 5) is 10.5. The zero-order valence-corrected chi connectivity index (χ0v) is 11.5. The van der Waals surface area contributed by atoms with Crippen molar-refractivity contribution >= 4 is 11.8 Å². The highest BCUT2D eigenvalue weighted by molar-refractivity contribution is 7.99. The zero-order chi connectivity index (χ0) is 12.5. The first-order valence-electron chi connectivity index (χ1n) is 6.33. The molecule has 3 rings (SSSR count). The Labute approximate surface area is 112 Å². The molecule has 3 heteroatoms. The van der Waals surface area contributed by atoms with Gasteiger partial charge in [0.05, 0.1) is 0 Å². The van der Waals surface area contributed by atoms with Crippen LogP contribution in [0.25, 0.3) is 0 Å². The Bertz CT molecular complexity index is 576. The average molecular weight is 256 g/mol. The van der Waals surface area contributed by atoms with E-state index in [-0.39, 0.29) is 0 Å². The highest BCUT2D eigenvalue weighted by Gasteiger charge is 2.17. The van der Waals surface area contributed by atoms with Crippen LogP contribution in [-0.4, -0.2) is 9.97 Å². The minimum absolute atomic E-state index is 0.886. The summed E-state index contributed by atoms with van der Waals surface area (Å²) in [5, 5.41) is 0.886. The molecule has 1 aromatic heterocycles. The van der Waals surface area contributed by atoms with Crippen molar-refractivity contribution in [2.24, 2.45) is 0 Å². The number of hydrogen-bond donors (Lipinski definition) is 0. The van der Waals surface area contributed by atoms with Gasteiger partial charge < -0.3 is 0 Å². The highest BCUT2D eigenvalue weighted by Crippen LogP contribution is 2.29. The first kappa shape index (κ1) is 11.7. The van der Waals surface area contributed by atoms with Gasteiger partial charge in [0, 0.05) is 16.3 Å². The summed E-state index contributed by atoms with van der Waals surface area (Å²) in [5.41, 5.74) is 5.08. The van der Waals surface area contributed by atoms with Gasteiger partial charge in [0.15, 0.2) is 5.16 Å². The fourth-order valence-electron chi connectivity index (χ4n) is 2.35. The number of rotatable bonds is 2. The third-order valence-corrected chi connectivity index (χ3v) is 4.22. The van der Waals surface area contributed by atoms with E-state index in [1.165, 1.54) is 28.1 Å². The first-order chi connectivity index (χ1) is 8.72. The van der Waals surface area contributed by atoms with E-state index in [4.69, 9.17) is 0 Å². The lowest BCUT2D eigenvalue weighted by molar-refractivity contribution is 0.868. The summed E-state index contributed by atoms with van der Waals surface area (Å²) in [7, 11) is 0. The summed E-state index contributed by atoms with van der Waals surface area (Å²) >= 11 is 1.65. The Hall–Kier alpha value is -1.35. The van der Waals surface area contributed by atoms with E-state index in [0.717, 1.165) is 23.7 Å². The molecule has 1 heterocycles. The van der Waals surface area contributed by atoms with Gasteiger partial charge >= 0.3 is 0 Å². The van der Waals surface area contributed by atoms with Gasteiger partial charge in [-0.25, -0.2) is 9.97 Å². The highest BCUT2D eigenvalue weighted by atomic mass is 32.2. The van der Waals surface area contributed by atoms with Gasteiger partial charge in [-0.1, -0.05) is 17.7 Å². The number of aromatic nitrogens is 2. The summed E-state index contributed by atoms with van der Waals surface area (Å²) in [6, 6.07) is 8.52. The van der Waals surface area contributed by atoms with Crippen LogP contribution in [0.2, 0.25) is 0 Å². The number of aryl methyl sites for hydroxylation is 3. The lowest BCUT2D eigenvalue weighted by Gasteiger charge is -2.06. The second kappa shape index (κ2) is 4.73. The largest absolute Gasteiger partial charge is 0.227 e. The second-order valence-electron chi connectivity index (χ2n) is 4.79. The van der Waals surface area contributed by atoms with Gasteiger partial charge in [-0.15, -0.1) is 0 Å². The molecule has 2 nitrogen and oxygen atoms in total. The molecule has 18 heavy (non-hydrogen) atoms. The molecule has 1 aliphatic carbocycles. The molecule has 0 radical (unpaired) electrons. The van der Waals surface area contributed by atoms with E-state index >= 15 is 0 Å². The predicted octanol–water partition coefficient (Wildman–Crippen LogP) is 3.73. The van der Waals surface area contributed by atoms with Crippen molar-refractivity contribution in [3.8, 4) is 0 Å². The van der Waals surface area contributed by atoms with Crippen molar-refractivity contribution in [2.45, 2.75) is 43.2 Å². The van der Waals surface area contributed by atoms with E-state index in [0.29, 0.717) is 0 Å². The quantitative estimate of drug-likeness (QED) is 0.766. The van der Waals surface area contributed by atoms with Crippen molar-refractivity contribution in [3.63, 3.8) is 0 Å². The predicted molar refractivity (Wildman–Crippen MR) is 74.1 cm³/mol. The molecule has 0 fully saturated rings. The minimum atomic E-state index is 0.886. The SMILES string of the molecule is Cc1ccc(Sc2nc(C)c3c(n2)CCC3)cc1. The van der Waals surface area contributed by atoms with Crippen LogP contribution in [-0.2, 0) is 12.8 Å². The molecule has 0 saturated heterocycles. The zero-order valence-electron chi connectivity index (χ0n) is 10.7. The fourth-order valence-corrected chi connectivity index (χ4v) is 3.17. The maximum Gasteiger partial charge on any atom is 0.192 e. The summed E-state index contributed by atoms with van der Waals surface area (Å²) in [5.74, 6) is 0. The van der Waals surface area contributed by atoms with Crippen molar-refractivity contribution in [1.29, 1.82) is 0 Å². The molecule has 1 aliphatic rings. The first-order valence-corrected chi connectivity index (χ1v) is 7.15. The normalized spacial score (nSPS) is 13.7. The van der Waals surface area contributed by atoms with Crippen molar-refractivity contribution < 1.29 is 0 Å². The summed E-state index contributed by atoms with van der Waals surface area (Å²) < 4.78 is 0. The Morgan fingerprint density at radius 2 is 1.78 bits per heavy atom. The molecule has 1 aromatic carbocycles. The molecule has 0 N–H and O–H groups in total. The van der Waals surface area contributed by atoms with Crippen molar-refractivity contribution in [1.82, 2.24) is 9.97 Å². The van der Waals surface area contributed by atoms with Crippen LogP contribution < -0.4 is 0 Å². The summed E-state index contributed by atoms with van der Waals surface area (Å²) in [6.07, 6.45) is 3.49. The smallest absolute Gasteiger partial charge is 0.192 e. The van der Waals surface area contributed by atoms with Gasteiger partial charge in [-0.2, -0.15) is 0 Å². The molecule has 2 aromatic rings. The number of benzene rings is 1. The average Bonchev–Trinajstić information content (AvgIpc) is 2.81. The molecule has 0 atom stereocenters. The van der Waals surface area contributed by atoms with Gasteiger partial charge in [0.1, 0.15) is 0 Å². The molecular weight excluding hydrogens is 240 g/mol. The second-order valence-corrected chi connectivity index (χ2v) is 5.83. The topological polar surface area (TPSA) is 25.8 Å². The number of fused-ring (bicyclic) bond motifs is 1. The van der Waals surface area contributed by atoms with Gasteiger partial charge in [0.2, 0.25) is 0 Å². The third-order valence-electron chi connectivity index (χ3n) is 3.35. The maximum atomic E-state index is 4.68. The molecule has 0 aliphatic heterocycles. The fraction of sp³-hybridized carbons (Fsp3) is 0.333. The third kappa shape index (κ3) is 2.27. The molecule has 0 saturated carbocycles. The monoisotopic (exact) mass is 256 g/mol. The van der Waals surface area contributed by atoms with Crippen molar-refractivity contribution in [2.75, 3.05) is 0 Å². The van der Waals surface area contributed by atoms with Gasteiger partial charge in [-0.3, -0.25) is 0 Å². The van der Waals surface area contributed by atoms with E-state index in [2.05, 4.69) is 48.1 Å². The van der Waals surface area contributed by atoms with E-state index < -0.39 is 0 Å². The Morgan fingerprint density at radius 1 is 1.00 bits per heavy atom. The molecule has 0 unspecified atom stereocenters. The maximum absolute atomic E-state index is 4.68. The summed E-state index contributed by atoms with van der Waals surface area (Å²) in [6.45, 7) is 4.20. The van der Waals surface area contributed by atoms with Crippen LogP contribution in [0.1, 0.15) is 28.9 Å². The van der Waals surface area contributed by atoms with Gasteiger partial charge in [-0.05, 0) is 62.6 Å². The van der Waals surface area contributed by atoms with Gasteiger partial charge in [0.25, 0.3) is 0 Å². The molecular formula is C15H16N2S. The molecule has 0 amide bonds.